The average Bonchev–Trinajstić information content (AvgIpc) is 3.15. The molecule has 3 aromatic rings. The summed E-state index contributed by atoms with van der Waals surface area (Å²) < 4.78 is 1.74. The number of hydrogen-bond acceptors (Lipinski definition) is 3. The van der Waals surface area contributed by atoms with Crippen LogP contribution in [0.25, 0.3) is 11.1 Å². The summed E-state index contributed by atoms with van der Waals surface area (Å²) >= 11 is 0. The van der Waals surface area contributed by atoms with Gasteiger partial charge in [0.25, 0.3) is 5.91 Å². The largest absolute Gasteiger partial charge is 0.355 e. The third-order valence-corrected chi connectivity index (χ3v) is 6.03. The van der Waals surface area contributed by atoms with E-state index < -0.39 is 0 Å². The number of likely N-dealkylation sites (tertiary alicyclic amines) is 1. The summed E-state index contributed by atoms with van der Waals surface area (Å²) in [5.74, 6) is 0.537. The van der Waals surface area contributed by atoms with Gasteiger partial charge < -0.3 is 5.32 Å². The van der Waals surface area contributed by atoms with E-state index in [4.69, 9.17) is 0 Å². The molecule has 1 fully saturated rings. The normalized spacial score (nSPS) is 15.3. The molecule has 0 atom stereocenters. The number of hydrogen-bond donors (Lipinski definition) is 1. The number of carbonyl (C=O) groups is 1. The lowest BCUT2D eigenvalue weighted by Crippen LogP contribution is -2.34. The molecule has 0 spiro atoms. The van der Waals surface area contributed by atoms with Crippen LogP contribution in [0.15, 0.2) is 60.8 Å². The maximum absolute atomic E-state index is 12.1. The topological polar surface area (TPSA) is 50.2 Å². The van der Waals surface area contributed by atoms with Crippen molar-refractivity contribution in [3.63, 3.8) is 0 Å². The zero-order valence-corrected chi connectivity index (χ0v) is 17.8. The molecule has 4 rings (SSSR count). The van der Waals surface area contributed by atoms with Crippen LogP contribution in [0.4, 0.5) is 0 Å². The molecule has 156 valence electrons. The van der Waals surface area contributed by atoms with E-state index >= 15 is 0 Å². The highest BCUT2D eigenvalue weighted by Gasteiger charge is 2.23. The van der Waals surface area contributed by atoms with Crippen LogP contribution < -0.4 is 5.32 Å². The summed E-state index contributed by atoms with van der Waals surface area (Å²) in [5.41, 5.74) is 5.52. The van der Waals surface area contributed by atoms with Gasteiger partial charge in [-0.15, -0.1) is 0 Å². The van der Waals surface area contributed by atoms with E-state index in [-0.39, 0.29) is 5.91 Å². The molecule has 2 aromatic carbocycles. The van der Waals surface area contributed by atoms with Crippen molar-refractivity contribution in [2.75, 3.05) is 20.1 Å². The van der Waals surface area contributed by atoms with Crippen molar-refractivity contribution in [2.24, 2.45) is 13.0 Å². The number of carbonyl (C=O) groups excluding carboxylic acids is 1. The van der Waals surface area contributed by atoms with Crippen LogP contribution in [0.1, 0.15) is 34.5 Å². The van der Waals surface area contributed by atoms with Gasteiger partial charge in [-0.1, -0.05) is 54.6 Å². The van der Waals surface area contributed by atoms with Gasteiger partial charge >= 0.3 is 0 Å². The number of nitrogens with zero attached hydrogens (tertiary/aromatic N) is 3. The quantitative estimate of drug-likeness (QED) is 0.680. The Hall–Kier alpha value is -2.92. The first kappa shape index (κ1) is 20.4. The molecule has 1 amide bonds. The van der Waals surface area contributed by atoms with Gasteiger partial charge in [0.1, 0.15) is 0 Å². The first-order chi connectivity index (χ1) is 14.6. The van der Waals surface area contributed by atoms with Crippen molar-refractivity contribution in [2.45, 2.75) is 25.8 Å². The predicted octanol–water partition coefficient (Wildman–Crippen LogP) is 3.90. The lowest BCUT2D eigenvalue weighted by Gasteiger charge is -2.31. The van der Waals surface area contributed by atoms with Crippen LogP contribution in [-0.2, 0) is 20.0 Å². The zero-order chi connectivity index (χ0) is 20.9. The predicted molar refractivity (Wildman–Crippen MR) is 120 cm³/mol. The maximum Gasteiger partial charge on any atom is 0.254 e. The third kappa shape index (κ3) is 4.79. The minimum absolute atomic E-state index is 0.0468. The number of aryl methyl sites for hydroxylation is 1. The second-order valence-electron chi connectivity index (χ2n) is 8.23. The first-order valence-corrected chi connectivity index (χ1v) is 10.7. The Morgan fingerprint density at radius 2 is 1.70 bits per heavy atom. The highest BCUT2D eigenvalue weighted by molar-refractivity contribution is 5.94. The van der Waals surface area contributed by atoms with Crippen LogP contribution in [-0.4, -0.2) is 40.7 Å². The van der Waals surface area contributed by atoms with Crippen LogP contribution >= 0.6 is 0 Å². The molecule has 0 unspecified atom stereocenters. The molecule has 0 saturated carbocycles. The minimum Gasteiger partial charge on any atom is -0.355 e. The van der Waals surface area contributed by atoms with E-state index in [1.54, 1.807) is 11.7 Å². The molecule has 0 bridgehead atoms. The smallest absolute Gasteiger partial charge is 0.254 e. The second kappa shape index (κ2) is 9.26. The maximum atomic E-state index is 12.1. The SMILES string of the molecule is CNC(=O)c1cn(C)nc1CC1CCN(Cc2ccc(-c3ccccc3)cc2)CC1. The summed E-state index contributed by atoms with van der Waals surface area (Å²) in [4.78, 5) is 14.6. The van der Waals surface area contributed by atoms with Gasteiger partial charge in [-0.05, 0) is 55.0 Å². The van der Waals surface area contributed by atoms with Crippen LogP contribution in [0.2, 0.25) is 0 Å². The number of amides is 1. The lowest BCUT2D eigenvalue weighted by atomic mass is 9.91. The first-order valence-electron chi connectivity index (χ1n) is 10.7. The van der Waals surface area contributed by atoms with E-state index in [1.165, 1.54) is 16.7 Å². The number of benzene rings is 2. The van der Waals surface area contributed by atoms with E-state index in [0.29, 0.717) is 11.5 Å². The second-order valence-corrected chi connectivity index (χ2v) is 8.23. The number of rotatable bonds is 6. The Kier molecular flexibility index (Phi) is 6.29. The molecule has 30 heavy (non-hydrogen) atoms. The Morgan fingerprint density at radius 1 is 1.03 bits per heavy atom. The minimum atomic E-state index is -0.0468. The molecule has 1 aliphatic rings. The molecule has 1 N–H and O–H groups in total. The van der Waals surface area contributed by atoms with Gasteiger partial charge in [0.15, 0.2) is 0 Å². The van der Waals surface area contributed by atoms with Crippen molar-refractivity contribution in [1.29, 1.82) is 0 Å². The average molecular weight is 403 g/mol. The zero-order valence-electron chi connectivity index (χ0n) is 17.8. The summed E-state index contributed by atoms with van der Waals surface area (Å²) in [6.45, 7) is 3.18. The van der Waals surface area contributed by atoms with Gasteiger partial charge in [-0.25, -0.2) is 0 Å². The molecule has 5 nitrogen and oxygen atoms in total. The van der Waals surface area contributed by atoms with Gasteiger partial charge in [-0.2, -0.15) is 5.10 Å². The molecule has 1 aromatic heterocycles. The third-order valence-electron chi connectivity index (χ3n) is 6.03. The van der Waals surface area contributed by atoms with Crippen LogP contribution in [0, 0.1) is 5.92 Å². The Labute approximate surface area is 178 Å². The fraction of sp³-hybridized carbons (Fsp3) is 0.360. The van der Waals surface area contributed by atoms with Crippen molar-refractivity contribution in [3.05, 3.63) is 77.6 Å². The fourth-order valence-electron chi connectivity index (χ4n) is 4.32. The van der Waals surface area contributed by atoms with E-state index in [0.717, 1.165) is 44.6 Å². The van der Waals surface area contributed by atoms with Gasteiger partial charge in [-0.3, -0.25) is 14.4 Å². The lowest BCUT2D eigenvalue weighted by molar-refractivity contribution is 0.0961. The van der Waals surface area contributed by atoms with Crippen LogP contribution in [0.5, 0.6) is 0 Å². The number of aromatic nitrogens is 2. The monoisotopic (exact) mass is 402 g/mol. The Bertz CT molecular complexity index is 970. The number of piperidine rings is 1. The van der Waals surface area contributed by atoms with Crippen molar-refractivity contribution < 1.29 is 4.79 Å². The molecule has 0 aliphatic carbocycles. The van der Waals surface area contributed by atoms with E-state index in [1.807, 2.05) is 13.2 Å². The summed E-state index contributed by atoms with van der Waals surface area (Å²) in [6, 6.07) is 19.4. The van der Waals surface area contributed by atoms with Crippen molar-refractivity contribution >= 4 is 5.91 Å². The molecule has 1 aliphatic heterocycles. The summed E-state index contributed by atoms with van der Waals surface area (Å²) in [6.07, 6.45) is 4.99. The molecular weight excluding hydrogens is 372 g/mol. The number of nitrogens with one attached hydrogen (secondary N) is 1. The Balaban J connectivity index is 1.31. The van der Waals surface area contributed by atoms with Crippen molar-refractivity contribution in [1.82, 2.24) is 20.0 Å². The Morgan fingerprint density at radius 3 is 2.37 bits per heavy atom. The van der Waals surface area contributed by atoms with Crippen molar-refractivity contribution in [3.8, 4) is 11.1 Å². The molecular formula is C25H30N4O. The standard InChI is InChI=1S/C25H30N4O/c1-26-25(30)23-18-28(2)27-24(23)16-19-12-14-29(15-13-19)17-20-8-10-22(11-9-20)21-6-4-3-5-7-21/h3-11,18-19H,12-17H2,1-2H3,(H,26,30). The van der Waals surface area contributed by atoms with Gasteiger partial charge in [0.2, 0.25) is 0 Å². The fourth-order valence-corrected chi connectivity index (χ4v) is 4.32. The summed E-state index contributed by atoms with van der Waals surface area (Å²) in [5, 5.41) is 7.26. The molecule has 2 heterocycles. The van der Waals surface area contributed by atoms with E-state index in [9.17, 15) is 4.79 Å². The summed E-state index contributed by atoms with van der Waals surface area (Å²) in [7, 11) is 3.55. The molecule has 5 heteroatoms. The highest BCUT2D eigenvalue weighted by Crippen LogP contribution is 2.25. The van der Waals surface area contributed by atoms with Gasteiger partial charge in [0, 0.05) is 26.8 Å². The van der Waals surface area contributed by atoms with Gasteiger partial charge in [0.05, 0.1) is 11.3 Å². The van der Waals surface area contributed by atoms with E-state index in [2.05, 4.69) is 69.9 Å². The molecule has 1 saturated heterocycles. The van der Waals surface area contributed by atoms with Crippen LogP contribution in [0.3, 0.4) is 0 Å². The highest BCUT2D eigenvalue weighted by atomic mass is 16.1. The molecule has 0 radical (unpaired) electrons.